The fourth-order valence-corrected chi connectivity index (χ4v) is 4.66. The molecule has 8 heteroatoms. The van der Waals surface area contributed by atoms with Crippen LogP contribution >= 0.6 is 0 Å². The van der Waals surface area contributed by atoms with Crippen LogP contribution in [0.3, 0.4) is 0 Å². The average molecular weight is 442 g/mol. The lowest BCUT2D eigenvalue weighted by Gasteiger charge is -2.53. The number of hydrogen-bond donors (Lipinski definition) is 3. The van der Waals surface area contributed by atoms with Gasteiger partial charge in [-0.2, -0.15) is 0 Å². The lowest BCUT2D eigenvalue weighted by Crippen LogP contribution is -2.69. The number of aliphatic hydroxyl groups excluding tert-OH is 1. The molecule has 2 aliphatic heterocycles. The van der Waals surface area contributed by atoms with E-state index < -0.39 is 17.2 Å². The van der Waals surface area contributed by atoms with Gasteiger partial charge in [0.2, 0.25) is 0 Å². The van der Waals surface area contributed by atoms with Crippen LogP contribution in [-0.2, 0) is 9.53 Å². The molecule has 32 heavy (non-hydrogen) atoms. The summed E-state index contributed by atoms with van der Waals surface area (Å²) in [6.07, 6.45) is 4.84. The lowest BCUT2D eigenvalue weighted by molar-refractivity contribution is -0.195. The summed E-state index contributed by atoms with van der Waals surface area (Å²) < 4.78 is 6.17. The maximum absolute atomic E-state index is 12.9. The van der Waals surface area contributed by atoms with E-state index in [1.807, 2.05) is 50.2 Å². The van der Waals surface area contributed by atoms with E-state index in [9.17, 15) is 9.90 Å². The molecule has 0 radical (unpaired) electrons. The van der Waals surface area contributed by atoms with E-state index in [1.165, 1.54) is 0 Å². The molecule has 2 aliphatic rings. The van der Waals surface area contributed by atoms with Gasteiger partial charge in [0, 0.05) is 43.3 Å². The highest BCUT2D eigenvalue weighted by atomic mass is 16.5. The van der Waals surface area contributed by atoms with Gasteiger partial charge in [-0.05, 0) is 56.9 Å². The molecule has 3 heterocycles. The van der Waals surface area contributed by atoms with Gasteiger partial charge in [-0.25, -0.2) is 0 Å². The number of benzene rings is 1. The van der Waals surface area contributed by atoms with Crippen molar-refractivity contribution in [3.8, 4) is 0 Å². The molecular weight excluding hydrogens is 410 g/mol. The van der Waals surface area contributed by atoms with Crippen LogP contribution in [0, 0.1) is 6.92 Å². The third kappa shape index (κ3) is 4.92. The third-order valence-corrected chi connectivity index (χ3v) is 6.54. The van der Waals surface area contributed by atoms with E-state index in [1.54, 1.807) is 12.4 Å². The Morgan fingerprint density at radius 1 is 1.19 bits per heavy atom. The van der Waals surface area contributed by atoms with Crippen molar-refractivity contribution in [3.05, 3.63) is 59.9 Å². The van der Waals surface area contributed by atoms with E-state index >= 15 is 0 Å². The minimum absolute atomic E-state index is 0.143. The van der Waals surface area contributed by atoms with Crippen molar-refractivity contribution in [1.82, 2.24) is 10.3 Å². The zero-order valence-corrected chi connectivity index (χ0v) is 18.5. The van der Waals surface area contributed by atoms with Crippen LogP contribution in [0.15, 0.2) is 48.8 Å². The molecule has 2 aromatic rings. The number of ether oxygens (including phenoxy) is 1. The first-order chi connectivity index (χ1) is 15.3. The Bertz CT molecular complexity index is 915. The maximum atomic E-state index is 12.9. The fourth-order valence-electron chi connectivity index (χ4n) is 4.66. The number of carbonyl (C=O) groups is 2. The van der Waals surface area contributed by atoms with E-state index in [4.69, 9.17) is 14.6 Å². The number of nitrogens with zero attached hydrogens (tertiary/aromatic N) is 2. The molecular formula is C24H31N3O5. The van der Waals surface area contributed by atoms with E-state index in [0.29, 0.717) is 31.4 Å². The van der Waals surface area contributed by atoms with Crippen molar-refractivity contribution in [3.63, 3.8) is 0 Å². The lowest BCUT2D eigenvalue weighted by atomic mass is 9.73. The van der Waals surface area contributed by atoms with Crippen LogP contribution < -0.4 is 10.2 Å². The zero-order valence-electron chi connectivity index (χ0n) is 18.5. The number of pyridine rings is 1. The molecule has 0 unspecified atom stereocenters. The third-order valence-electron chi connectivity index (χ3n) is 6.54. The van der Waals surface area contributed by atoms with E-state index in [2.05, 4.69) is 15.2 Å². The molecule has 1 aromatic heterocycles. The molecule has 0 aliphatic carbocycles. The number of aliphatic hydroxyl groups is 1. The highest BCUT2D eigenvalue weighted by Crippen LogP contribution is 2.40. The van der Waals surface area contributed by atoms with Gasteiger partial charge in [-0.3, -0.25) is 14.6 Å². The molecule has 1 aromatic carbocycles. The summed E-state index contributed by atoms with van der Waals surface area (Å²) in [5.41, 5.74) is 1.35. The molecule has 1 spiro atoms. The maximum Gasteiger partial charge on any atom is 0.290 e. The smallest absolute Gasteiger partial charge is 0.290 e. The molecule has 0 bridgehead atoms. The van der Waals surface area contributed by atoms with Crippen LogP contribution in [0.4, 0.5) is 5.69 Å². The minimum Gasteiger partial charge on any atom is -0.483 e. The monoisotopic (exact) mass is 441 g/mol. The Balaban J connectivity index is 0.000000913. The molecule has 1 amide bonds. The number of rotatable bonds is 3. The zero-order chi connectivity index (χ0) is 23.2. The summed E-state index contributed by atoms with van der Waals surface area (Å²) >= 11 is 0. The van der Waals surface area contributed by atoms with Gasteiger partial charge in [0.05, 0.1) is 11.1 Å². The SMILES string of the molecule is Cc1ccccc1C(=O)N[C@@]1(C)CCOC2(CCN(c3ccncc3)CC2)[C@@H]1O.O=CO. The van der Waals surface area contributed by atoms with Crippen molar-refractivity contribution in [2.45, 2.75) is 50.4 Å². The van der Waals surface area contributed by atoms with Crippen molar-refractivity contribution >= 4 is 18.1 Å². The Kier molecular flexibility index (Phi) is 7.48. The standard InChI is InChI=1S/C23H29N3O3.CH2O2/c1-17-5-3-4-6-19(17)20(27)25-22(2)11-16-29-23(21(22)28)9-14-26(15-10-23)18-7-12-24-13-8-18;2-1-3/h3-8,12-13,21,28H,9-11,14-16H2,1-2H3,(H,25,27);1H,(H,2,3)/t21-,22+;/m1./s1. The molecule has 8 nitrogen and oxygen atoms in total. The molecule has 2 atom stereocenters. The summed E-state index contributed by atoms with van der Waals surface area (Å²) in [5.74, 6) is -0.143. The largest absolute Gasteiger partial charge is 0.483 e. The summed E-state index contributed by atoms with van der Waals surface area (Å²) in [5, 5.41) is 21.4. The van der Waals surface area contributed by atoms with Crippen LogP contribution in [0.5, 0.6) is 0 Å². The number of aromatic nitrogens is 1. The molecule has 172 valence electrons. The fraction of sp³-hybridized carbons (Fsp3) is 0.458. The van der Waals surface area contributed by atoms with Gasteiger partial charge < -0.3 is 25.2 Å². The van der Waals surface area contributed by atoms with Gasteiger partial charge >= 0.3 is 0 Å². The number of carboxylic acid groups (broad SMARTS) is 1. The van der Waals surface area contributed by atoms with Gasteiger partial charge in [-0.15, -0.1) is 0 Å². The Morgan fingerprint density at radius 2 is 1.81 bits per heavy atom. The number of amides is 1. The average Bonchev–Trinajstić information content (AvgIpc) is 2.79. The first-order valence-corrected chi connectivity index (χ1v) is 10.8. The second kappa shape index (κ2) is 10.1. The Hall–Kier alpha value is -2.97. The number of piperidine rings is 1. The van der Waals surface area contributed by atoms with E-state index in [0.717, 1.165) is 24.3 Å². The number of anilines is 1. The number of aryl methyl sites for hydroxylation is 1. The van der Waals surface area contributed by atoms with Crippen LogP contribution in [-0.4, -0.2) is 64.5 Å². The number of carbonyl (C=O) groups excluding carboxylic acids is 1. The minimum atomic E-state index is -0.767. The van der Waals surface area contributed by atoms with Crippen molar-refractivity contribution in [2.24, 2.45) is 0 Å². The molecule has 4 rings (SSSR count). The molecule has 2 fully saturated rings. The summed E-state index contributed by atoms with van der Waals surface area (Å²) in [6, 6.07) is 11.5. The van der Waals surface area contributed by atoms with Crippen molar-refractivity contribution in [1.29, 1.82) is 0 Å². The summed E-state index contributed by atoms with van der Waals surface area (Å²) in [6.45, 7) is 5.73. The predicted molar refractivity (Wildman–Crippen MR) is 121 cm³/mol. The van der Waals surface area contributed by atoms with E-state index in [-0.39, 0.29) is 12.4 Å². The predicted octanol–water partition coefficient (Wildman–Crippen LogP) is 2.40. The van der Waals surface area contributed by atoms with Crippen LogP contribution in [0.2, 0.25) is 0 Å². The molecule has 0 saturated carbocycles. The Labute approximate surface area is 188 Å². The highest BCUT2D eigenvalue weighted by molar-refractivity contribution is 5.96. The van der Waals surface area contributed by atoms with Gasteiger partial charge in [0.1, 0.15) is 6.10 Å². The highest BCUT2D eigenvalue weighted by Gasteiger charge is 2.53. The second-order valence-electron chi connectivity index (χ2n) is 8.55. The van der Waals surface area contributed by atoms with Crippen molar-refractivity contribution < 1.29 is 24.5 Å². The van der Waals surface area contributed by atoms with Gasteiger partial charge in [-0.1, -0.05) is 18.2 Å². The van der Waals surface area contributed by atoms with Crippen LogP contribution in [0.25, 0.3) is 0 Å². The number of hydrogen-bond acceptors (Lipinski definition) is 6. The summed E-state index contributed by atoms with van der Waals surface area (Å²) in [4.78, 5) is 27.7. The summed E-state index contributed by atoms with van der Waals surface area (Å²) in [7, 11) is 0. The normalized spacial score (nSPS) is 24.2. The molecule has 2 saturated heterocycles. The van der Waals surface area contributed by atoms with Gasteiger partial charge in [0.15, 0.2) is 0 Å². The van der Waals surface area contributed by atoms with Gasteiger partial charge in [0.25, 0.3) is 12.4 Å². The quantitative estimate of drug-likeness (QED) is 0.627. The van der Waals surface area contributed by atoms with Crippen LogP contribution in [0.1, 0.15) is 42.1 Å². The Morgan fingerprint density at radius 3 is 2.44 bits per heavy atom. The van der Waals surface area contributed by atoms with Crippen molar-refractivity contribution in [2.75, 3.05) is 24.6 Å². The topological polar surface area (TPSA) is 112 Å². The first-order valence-electron chi connectivity index (χ1n) is 10.8. The first kappa shape index (κ1) is 23.7. The second-order valence-corrected chi connectivity index (χ2v) is 8.55. The molecule has 3 N–H and O–H groups in total. The number of nitrogens with one attached hydrogen (secondary N) is 1.